The molecule has 1 aromatic carbocycles. The molecular weight excluding hydrogens is 260 g/mol. The van der Waals surface area contributed by atoms with Crippen LogP contribution in [0.3, 0.4) is 0 Å². The maximum Gasteiger partial charge on any atom is 0.243 e. The smallest absolute Gasteiger partial charge is 0.243 e. The van der Waals surface area contributed by atoms with Gasteiger partial charge in [-0.25, -0.2) is 13.1 Å². The lowest BCUT2D eigenvalue weighted by molar-refractivity contribution is 0.584. The first-order chi connectivity index (χ1) is 8.06. The lowest BCUT2D eigenvalue weighted by Crippen LogP contribution is -2.23. The van der Waals surface area contributed by atoms with Crippen LogP contribution in [0.1, 0.15) is 6.92 Å². The minimum Gasteiger partial charge on any atom is -0.255 e. The molecule has 0 aliphatic heterocycles. The Kier molecular flexibility index (Phi) is 3.33. The average Bonchev–Trinajstić information content (AvgIpc) is 2.29. The number of pyridine rings is 1. The summed E-state index contributed by atoms with van der Waals surface area (Å²) in [5.74, 6) is 0. The number of rotatable bonds is 3. The van der Waals surface area contributed by atoms with Gasteiger partial charge in [0, 0.05) is 18.1 Å². The van der Waals surface area contributed by atoms with Crippen molar-refractivity contribution in [1.82, 2.24) is 9.71 Å². The summed E-state index contributed by atoms with van der Waals surface area (Å²) in [6.45, 7) is 2.02. The molecule has 0 saturated carbocycles. The fraction of sp³-hybridized carbons (Fsp3) is 0.182. The van der Waals surface area contributed by atoms with E-state index in [4.69, 9.17) is 11.6 Å². The number of aromatic nitrogens is 1. The molecule has 0 amide bonds. The fourth-order valence-corrected chi connectivity index (χ4v) is 3.13. The first kappa shape index (κ1) is 12.3. The van der Waals surface area contributed by atoms with Gasteiger partial charge in [0.15, 0.2) is 0 Å². The highest BCUT2D eigenvalue weighted by Crippen LogP contribution is 2.28. The van der Waals surface area contributed by atoms with Crippen LogP contribution in [-0.2, 0) is 10.0 Å². The molecule has 0 aliphatic rings. The van der Waals surface area contributed by atoms with Crippen molar-refractivity contribution in [2.75, 3.05) is 6.54 Å². The number of fused-ring (bicyclic) bond motifs is 1. The molecular formula is C11H11ClN2O2S. The van der Waals surface area contributed by atoms with Gasteiger partial charge >= 0.3 is 0 Å². The topological polar surface area (TPSA) is 59.1 Å². The molecule has 4 nitrogen and oxygen atoms in total. The van der Waals surface area contributed by atoms with Gasteiger partial charge in [0.2, 0.25) is 10.0 Å². The minimum absolute atomic E-state index is 0.0136. The second-order valence-electron chi connectivity index (χ2n) is 3.45. The third-order valence-electron chi connectivity index (χ3n) is 2.30. The predicted octanol–water partition coefficient (Wildman–Crippen LogP) is 2.19. The fourth-order valence-electron chi connectivity index (χ4n) is 1.54. The van der Waals surface area contributed by atoms with Crippen LogP contribution >= 0.6 is 11.6 Å². The average molecular weight is 271 g/mol. The molecule has 90 valence electrons. The third kappa shape index (κ3) is 2.26. The van der Waals surface area contributed by atoms with Crippen LogP contribution in [-0.4, -0.2) is 19.9 Å². The molecule has 2 rings (SSSR count). The van der Waals surface area contributed by atoms with Crippen molar-refractivity contribution in [2.24, 2.45) is 0 Å². The number of nitrogens with zero attached hydrogens (tertiary/aromatic N) is 1. The number of para-hydroxylation sites is 1. The van der Waals surface area contributed by atoms with E-state index in [1.54, 1.807) is 25.1 Å². The molecule has 0 atom stereocenters. The lowest BCUT2D eigenvalue weighted by Gasteiger charge is -2.08. The summed E-state index contributed by atoms with van der Waals surface area (Å²) in [5, 5.41) is 0.838. The highest BCUT2D eigenvalue weighted by Gasteiger charge is 2.19. The van der Waals surface area contributed by atoms with Gasteiger partial charge in [-0.1, -0.05) is 36.7 Å². The number of nitrogens with one attached hydrogen (secondary N) is 1. The van der Waals surface area contributed by atoms with E-state index < -0.39 is 10.0 Å². The Hall–Kier alpha value is -1.17. The van der Waals surface area contributed by atoms with Crippen molar-refractivity contribution in [1.29, 1.82) is 0 Å². The summed E-state index contributed by atoms with van der Waals surface area (Å²) >= 11 is 6.10. The zero-order valence-corrected chi connectivity index (χ0v) is 10.7. The SMILES string of the molecule is CCNS(=O)(=O)c1cnc2ccccc2c1Cl. The molecule has 17 heavy (non-hydrogen) atoms. The normalized spacial score (nSPS) is 11.9. The van der Waals surface area contributed by atoms with E-state index in [9.17, 15) is 8.42 Å². The second kappa shape index (κ2) is 4.60. The van der Waals surface area contributed by atoms with E-state index in [0.29, 0.717) is 17.4 Å². The summed E-state index contributed by atoms with van der Waals surface area (Å²) in [6, 6.07) is 7.14. The highest BCUT2D eigenvalue weighted by atomic mass is 35.5. The van der Waals surface area contributed by atoms with Crippen LogP contribution in [0, 0.1) is 0 Å². The summed E-state index contributed by atoms with van der Waals surface area (Å²) in [6.07, 6.45) is 1.28. The van der Waals surface area contributed by atoms with Crippen LogP contribution in [0.4, 0.5) is 0 Å². The van der Waals surface area contributed by atoms with Crippen molar-refractivity contribution in [3.63, 3.8) is 0 Å². The molecule has 1 heterocycles. The van der Waals surface area contributed by atoms with E-state index >= 15 is 0 Å². The molecule has 0 unspecified atom stereocenters. The van der Waals surface area contributed by atoms with Crippen LogP contribution in [0.5, 0.6) is 0 Å². The molecule has 0 bridgehead atoms. The second-order valence-corrected chi connectivity index (χ2v) is 5.57. The van der Waals surface area contributed by atoms with E-state index in [0.717, 1.165) is 0 Å². The molecule has 2 aromatic rings. The highest BCUT2D eigenvalue weighted by molar-refractivity contribution is 7.89. The molecule has 0 saturated heterocycles. The maximum absolute atomic E-state index is 11.9. The Balaban J connectivity index is 2.69. The lowest BCUT2D eigenvalue weighted by atomic mass is 10.2. The van der Waals surface area contributed by atoms with Gasteiger partial charge < -0.3 is 0 Å². The predicted molar refractivity (Wildman–Crippen MR) is 67.6 cm³/mol. The van der Waals surface area contributed by atoms with Gasteiger partial charge in [0.05, 0.1) is 10.5 Å². The third-order valence-corrected chi connectivity index (χ3v) is 4.38. The monoisotopic (exact) mass is 270 g/mol. The first-order valence-electron chi connectivity index (χ1n) is 5.09. The Morgan fingerprint density at radius 1 is 1.35 bits per heavy atom. The molecule has 1 aromatic heterocycles. The quantitative estimate of drug-likeness (QED) is 0.930. The zero-order valence-electron chi connectivity index (χ0n) is 9.14. The Labute approximate surface area is 105 Å². The molecule has 0 fully saturated rings. The molecule has 0 spiro atoms. The van der Waals surface area contributed by atoms with Crippen LogP contribution < -0.4 is 4.72 Å². The van der Waals surface area contributed by atoms with E-state index in [2.05, 4.69) is 9.71 Å². The number of halogens is 1. The molecule has 0 aliphatic carbocycles. The summed E-state index contributed by atoms with van der Waals surface area (Å²) in [4.78, 5) is 4.10. The molecule has 6 heteroatoms. The van der Waals surface area contributed by atoms with Crippen molar-refractivity contribution >= 4 is 32.5 Å². The summed E-state index contributed by atoms with van der Waals surface area (Å²) in [7, 11) is -3.58. The Morgan fingerprint density at radius 2 is 2.06 bits per heavy atom. The Morgan fingerprint density at radius 3 is 2.76 bits per heavy atom. The first-order valence-corrected chi connectivity index (χ1v) is 6.95. The maximum atomic E-state index is 11.9. The van der Waals surface area contributed by atoms with Gasteiger partial charge in [0.1, 0.15) is 4.90 Å². The van der Waals surface area contributed by atoms with Crippen molar-refractivity contribution in [3.05, 3.63) is 35.5 Å². The van der Waals surface area contributed by atoms with E-state index in [-0.39, 0.29) is 9.92 Å². The van der Waals surface area contributed by atoms with Crippen molar-refractivity contribution < 1.29 is 8.42 Å². The van der Waals surface area contributed by atoms with Crippen molar-refractivity contribution in [3.8, 4) is 0 Å². The van der Waals surface area contributed by atoms with Gasteiger partial charge in [-0.2, -0.15) is 0 Å². The van der Waals surface area contributed by atoms with E-state index in [1.807, 2.05) is 6.07 Å². The Bertz CT molecular complexity index is 656. The number of hydrogen-bond acceptors (Lipinski definition) is 3. The van der Waals surface area contributed by atoms with Gasteiger partial charge in [-0.05, 0) is 6.07 Å². The largest absolute Gasteiger partial charge is 0.255 e. The number of sulfonamides is 1. The van der Waals surface area contributed by atoms with Crippen molar-refractivity contribution in [2.45, 2.75) is 11.8 Å². The standard InChI is InChI=1S/C11H11ClN2O2S/c1-2-14-17(15,16)10-7-13-9-6-4-3-5-8(9)11(10)12/h3-7,14H,2H2,1H3. The summed E-state index contributed by atoms with van der Waals surface area (Å²) < 4.78 is 26.1. The minimum atomic E-state index is -3.58. The van der Waals surface area contributed by atoms with Crippen LogP contribution in [0.25, 0.3) is 10.9 Å². The number of benzene rings is 1. The summed E-state index contributed by atoms with van der Waals surface area (Å²) in [5.41, 5.74) is 0.674. The van der Waals surface area contributed by atoms with Gasteiger partial charge in [-0.15, -0.1) is 0 Å². The molecule has 1 N–H and O–H groups in total. The van der Waals surface area contributed by atoms with Crippen LogP contribution in [0.15, 0.2) is 35.4 Å². The zero-order chi connectivity index (χ0) is 12.5. The molecule has 0 radical (unpaired) electrons. The van der Waals surface area contributed by atoms with Crippen LogP contribution in [0.2, 0.25) is 5.02 Å². The van der Waals surface area contributed by atoms with E-state index in [1.165, 1.54) is 6.20 Å². The van der Waals surface area contributed by atoms with Gasteiger partial charge in [0.25, 0.3) is 0 Å². The van der Waals surface area contributed by atoms with Gasteiger partial charge in [-0.3, -0.25) is 4.98 Å². The number of hydrogen-bond donors (Lipinski definition) is 1.